The van der Waals surface area contributed by atoms with E-state index in [9.17, 15) is 9.59 Å². The third-order valence-corrected chi connectivity index (χ3v) is 6.84. The van der Waals surface area contributed by atoms with E-state index in [1.54, 1.807) is 62.4 Å². The number of hydrogen-bond donors (Lipinski definition) is 0. The van der Waals surface area contributed by atoms with Gasteiger partial charge in [-0.25, -0.2) is 9.79 Å². The standard InChI is InChI=1S/C26H22ClN3O5S/c1-4-34-25(32)21-15(2)29-26-30(22(21)17-9-5-6-10-18(17)27)24(31)20(36-26)14-16-8-7-11-19(33-3)23(16)35-13-12-28/h5-11,14,22H,4,13H2,1-3H3/b20-14-/t22-/m0/s1. The van der Waals surface area contributed by atoms with Crippen LogP contribution in [0, 0.1) is 11.3 Å². The molecule has 0 saturated carbocycles. The minimum Gasteiger partial charge on any atom is -0.493 e. The molecule has 2 heterocycles. The summed E-state index contributed by atoms with van der Waals surface area (Å²) in [6.07, 6.45) is 1.66. The average molecular weight is 524 g/mol. The Morgan fingerprint density at radius 2 is 2.06 bits per heavy atom. The molecule has 0 unspecified atom stereocenters. The average Bonchev–Trinajstić information content (AvgIpc) is 3.17. The van der Waals surface area contributed by atoms with Crippen molar-refractivity contribution in [2.24, 2.45) is 4.99 Å². The number of nitrogens with zero attached hydrogens (tertiary/aromatic N) is 3. The number of benzene rings is 2. The molecule has 10 heteroatoms. The van der Waals surface area contributed by atoms with Crippen LogP contribution in [0.5, 0.6) is 11.5 Å². The summed E-state index contributed by atoms with van der Waals surface area (Å²) >= 11 is 7.70. The summed E-state index contributed by atoms with van der Waals surface area (Å²) in [5.74, 6) is 0.220. The smallest absolute Gasteiger partial charge is 0.338 e. The van der Waals surface area contributed by atoms with Crippen LogP contribution in [0.15, 0.2) is 63.5 Å². The molecule has 0 bridgehead atoms. The number of carbonyl (C=O) groups excluding carboxylic acids is 1. The van der Waals surface area contributed by atoms with Gasteiger partial charge in [-0.3, -0.25) is 9.36 Å². The Bertz CT molecular complexity index is 1580. The lowest BCUT2D eigenvalue weighted by Gasteiger charge is -2.25. The molecule has 0 aliphatic carbocycles. The molecule has 3 aromatic rings. The first kappa shape index (κ1) is 25.2. The Kier molecular flexibility index (Phi) is 7.58. The molecular formula is C26H22ClN3O5S. The van der Waals surface area contributed by atoms with Crippen LogP contribution in [0.3, 0.4) is 0 Å². The van der Waals surface area contributed by atoms with E-state index in [0.717, 1.165) is 0 Å². The van der Waals surface area contributed by atoms with Crippen molar-refractivity contribution < 1.29 is 19.0 Å². The second kappa shape index (κ2) is 10.8. The zero-order valence-electron chi connectivity index (χ0n) is 19.8. The van der Waals surface area contributed by atoms with Gasteiger partial charge in [0, 0.05) is 10.6 Å². The highest BCUT2D eigenvalue weighted by Gasteiger charge is 2.34. The van der Waals surface area contributed by atoms with E-state index in [1.807, 2.05) is 6.07 Å². The number of hydrogen-bond acceptors (Lipinski definition) is 8. The van der Waals surface area contributed by atoms with E-state index in [4.69, 9.17) is 31.1 Å². The lowest BCUT2D eigenvalue weighted by molar-refractivity contribution is -0.139. The molecule has 0 radical (unpaired) electrons. The van der Waals surface area contributed by atoms with Gasteiger partial charge < -0.3 is 14.2 Å². The fraction of sp³-hybridized carbons (Fsp3) is 0.231. The first-order valence-electron chi connectivity index (χ1n) is 11.0. The van der Waals surface area contributed by atoms with Gasteiger partial charge >= 0.3 is 5.97 Å². The van der Waals surface area contributed by atoms with Crippen molar-refractivity contribution in [2.45, 2.75) is 19.9 Å². The van der Waals surface area contributed by atoms with Gasteiger partial charge in [-0.2, -0.15) is 5.26 Å². The highest BCUT2D eigenvalue weighted by atomic mass is 35.5. The van der Waals surface area contributed by atoms with Crippen LogP contribution in [-0.4, -0.2) is 30.9 Å². The molecule has 1 aliphatic rings. The van der Waals surface area contributed by atoms with E-state index in [-0.39, 0.29) is 24.3 Å². The number of allylic oxidation sites excluding steroid dienone is 1. The maximum Gasteiger partial charge on any atom is 0.338 e. The monoisotopic (exact) mass is 523 g/mol. The third-order valence-electron chi connectivity index (χ3n) is 5.51. The molecule has 0 saturated heterocycles. The zero-order chi connectivity index (χ0) is 25.8. The molecule has 1 atom stereocenters. The molecule has 1 aliphatic heterocycles. The molecule has 36 heavy (non-hydrogen) atoms. The minimum atomic E-state index is -0.809. The van der Waals surface area contributed by atoms with Gasteiger partial charge in [-0.15, -0.1) is 0 Å². The van der Waals surface area contributed by atoms with Gasteiger partial charge in [0.15, 0.2) is 22.9 Å². The molecule has 8 nitrogen and oxygen atoms in total. The molecule has 0 N–H and O–H groups in total. The van der Waals surface area contributed by atoms with Crippen molar-refractivity contribution >= 4 is 35.0 Å². The molecule has 2 aromatic carbocycles. The SMILES string of the molecule is CCOC(=O)C1=C(C)N=c2s/c(=C\c3cccc(OC)c3OCC#N)c(=O)n2[C@H]1c1ccccc1Cl. The Balaban J connectivity index is 1.97. The molecular weight excluding hydrogens is 502 g/mol. The summed E-state index contributed by atoms with van der Waals surface area (Å²) in [6, 6.07) is 13.4. The summed E-state index contributed by atoms with van der Waals surface area (Å²) < 4.78 is 18.1. The first-order chi connectivity index (χ1) is 17.4. The minimum absolute atomic E-state index is 0.177. The Morgan fingerprint density at radius 1 is 1.28 bits per heavy atom. The quantitative estimate of drug-likeness (QED) is 0.440. The van der Waals surface area contributed by atoms with Gasteiger partial charge in [-0.05, 0) is 37.6 Å². The van der Waals surface area contributed by atoms with E-state index in [2.05, 4.69) is 4.99 Å². The van der Waals surface area contributed by atoms with Gasteiger partial charge in [0.1, 0.15) is 12.1 Å². The van der Waals surface area contributed by atoms with Gasteiger partial charge in [-0.1, -0.05) is 53.3 Å². The lowest BCUT2D eigenvalue weighted by atomic mass is 9.96. The molecule has 184 valence electrons. The van der Waals surface area contributed by atoms with Crippen LogP contribution in [-0.2, 0) is 9.53 Å². The number of methoxy groups -OCH3 is 1. The topological polar surface area (TPSA) is 103 Å². The second-order valence-electron chi connectivity index (χ2n) is 7.65. The normalized spacial score (nSPS) is 15.1. The summed E-state index contributed by atoms with van der Waals surface area (Å²) in [5.41, 5.74) is 1.50. The largest absolute Gasteiger partial charge is 0.493 e. The van der Waals surface area contributed by atoms with Crippen LogP contribution in [0.4, 0.5) is 0 Å². The maximum atomic E-state index is 13.8. The number of halogens is 1. The van der Waals surface area contributed by atoms with Crippen molar-refractivity contribution in [1.29, 1.82) is 5.26 Å². The number of fused-ring (bicyclic) bond motifs is 1. The third kappa shape index (κ3) is 4.65. The number of para-hydroxylation sites is 1. The van der Waals surface area contributed by atoms with Crippen molar-refractivity contribution in [1.82, 2.24) is 4.57 Å². The number of ether oxygens (including phenoxy) is 3. The van der Waals surface area contributed by atoms with Crippen molar-refractivity contribution in [3.05, 3.63) is 89.6 Å². The lowest BCUT2D eigenvalue weighted by Crippen LogP contribution is -2.40. The highest BCUT2D eigenvalue weighted by Crippen LogP contribution is 2.35. The number of thiazole rings is 1. The van der Waals surface area contributed by atoms with E-state index < -0.39 is 12.0 Å². The molecule has 0 fully saturated rings. The van der Waals surface area contributed by atoms with Crippen LogP contribution in [0.25, 0.3) is 6.08 Å². The van der Waals surface area contributed by atoms with Gasteiger partial charge in [0.2, 0.25) is 0 Å². The first-order valence-corrected chi connectivity index (χ1v) is 12.2. The van der Waals surface area contributed by atoms with E-state index in [1.165, 1.54) is 23.0 Å². The predicted molar refractivity (Wildman–Crippen MR) is 136 cm³/mol. The zero-order valence-corrected chi connectivity index (χ0v) is 21.4. The fourth-order valence-corrected chi connectivity index (χ4v) is 5.27. The highest BCUT2D eigenvalue weighted by molar-refractivity contribution is 7.07. The predicted octanol–water partition coefficient (Wildman–Crippen LogP) is 3.36. The number of nitriles is 1. The van der Waals surface area contributed by atoms with E-state index >= 15 is 0 Å². The van der Waals surface area contributed by atoms with Crippen LogP contribution in [0.1, 0.15) is 31.0 Å². The summed E-state index contributed by atoms with van der Waals surface area (Å²) in [7, 11) is 1.50. The van der Waals surface area contributed by atoms with Crippen LogP contribution >= 0.6 is 22.9 Å². The summed E-state index contributed by atoms with van der Waals surface area (Å²) in [4.78, 5) is 31.7. The van der Waals surface area contributed by atoms with Crippen LogP contribution < -0.4 is 24.4 Å². The summed E-state index contributed by atoms with van der Waals surface area (Å²) in [6.45, 7) is 3.42. The summed E-state index contributed by atoms with van der Waals surface area (Å²) in [5, 5.41) is 9.39. The fourth-order valence-electron chi connectivity index (χ4n) is 3.99. The van der Waals surface area contributed by atoms with Crippen molar-refractivity contribution in [2.75, 3.05) is 20.3 Å². The number of esters is 1. The molecule has 1 aromatic heterocycles. The Morgan fingerprint density at radius 3 is 2.75 bits per heavy atom. The van der Waals surface area contributed by atoms with Crippen LogP contribution in [0.2, 0.25) is 5.02 Å². The molecule has 0 spiro atoms. The number of rotatable bonds is 7. The van der Waals surface area contributed by atoms with E-state index in [0.29, 0.717) is 42.7 Å². The molecule has 0 amide bonds. The second-order valence-corrected chi connectivity index (χ2v) is 9.07. The molecule has 4 rings (SSSR count). The van der Waals surface area contributed by atoms with Crippen molar-refractivity contribution in [3.8, 4) is 17.6 Å². The maximum absolute atomic E-state index is 13.8. The van der Waals surface area contributed by atoms with Crippen molar-refractivity contribution in [3.63, 3.8) is 0 Å². The Labute approximate surface area is 215 Å². The van der Waals surface area contributed by atoms with Gasteiger partial charge in [0.05, 0.1) is 29.5 Å². The van der Waals surface area contributed by atoms with Gasteiger partial charge in [0.25, 0.3) is 5.56 Å². The number of aromatic nitrogens is 1. The number of carbonyl (C=O) groups is 1. The Hall–Kier alpha value is -3.87.